The number of carbonyl (C=O) groups excluding carboxylic acids is 2. The topological polar surface area (TPSA) is 126 Å². The van der Waals surface area contributed by atoms with E-state index in [1.54, 1.807) is 6.92 Å². The molecule has 5 N–H and O–H groups in total. The van der Waals surface area contributed by atoms with Crippen LogP contribution in [0.25, 0.3) is 0 Å². The zero-order valence-electron chi connectivity index (χ0n) is 15.6. The molecule has 8 heteroatoms. The van der Waals surface area contributed by atoms with Crippen molar-refractivity contribution in [3.63, 3.8) is 0 Å². The molecular formula is C17H32N4O4. The summed E-state index contributed by atoms with van der Waals surface area (Å²) in [6.45, 7) is 7.47. The third-order valence-corrected chi connectivity index (χ3v) is 5.11. The fraction of sp³-hybridized carbons (Fsp3) is 0.824. The van der Waals surface area contributed by atoms with Crippen molar-refractivity contribution in [2.24, 2.45) is 22.2 Å². The number of hydrogen-bond donors (Lipinski definition) is 4. The second-order valence-corrected chi connectivity index (χ2v) is 6.94. The molecule has 5 unspecified atom stereocenters. The van der Waals surface area contributed by atoms with Gasteiger partial charge in [0.05, 0.1) is 30.5 Å². The Balaban J connectivity index is 2.85. The number of hydrazine groups is 1. The van der Waals surface area contributed by atoms with Crippen LogP contribution in [0.3, 0.4) is 0 Å². The van der Waals surface area contributed by atoms with Gasteiger partial charge in [-0.05, 0) is 45.4 Å². The highest BCUT2D eigenvalue weighted by Gasteiger charge is 2.53. The highest BCUT2D eigenvalue weighted by atomic mass is 16.5. The van der Waals surface area contributed by atoms with Gasteiger partial charge in [-0.1, -0.05) is 6.92 Å². The number of hydrogen-bond acceptors (Lipinski definition) is 6. The van der Waals surface area contributed by atoms with Crippen molar-refractivity contribution in [3.8, 4) is 0 Å². The van der Waals surface area contributed by atoms with Gasteiger partial charge in [0.25, 0.3) is 0 Å². The van der Waals surface area contributed by atoms with Crippen molar-refractivity contribution < 1.29 is 19.4 Å². The van der Waals surface area contributed by atoms with Gasteiger partial charge in [0.1, 0.15) is 0 Å². The molecule has 144 valence electrons. The Hall–Kier alpha value is -1.67. The van der Waals surface area contributed by atoms with Gasteiger partial charge in [-0.3, -0.25) is 14.6 Å². The lowest BCUT2D eigenvalue weighted by Crippen LogP contribution is -2.42. The summed E-state index contributed by atoms with van der Waals surface area (Å²) in [6.07, 6.45) is 2.55. The number of ether oxygens (including phenoxy) is 1. The fourth-order valence-corrected chi connectivity index (χ4v) is 3.45. The third-order valence-electron chi connectivity index (χ3n) is 5.11. The molecule has 1 aliphatic carbocycles. The first kappa shape index (κ1) is 21.4. The van der Waals surface area contributed by atoms with E-state index in [1.807, 2.05) is 13.8 Å². The molecule has 0 radical (unpaired) electrons. The van der Waals surface area contributed by atoms with E-state index in [1.165, 1.54) is 13.3 Å². The summed E-state index contributed by atoms with van der Waals surface area (Å²) in [4.78, 5) is 28.1. The summed E-state index contributed by atoms with van der Waals surface area (Å²) < 4.78 is 5.25. The highest BCUT2D eigenvalue weighted by Crippen LogP contribution is 2.45. The van der Waals surface area contributed by atoms with E-state index < -0.39 is 11.5 Å². The Bertz CT molecular complexity index is 485. The molecule has 1 amide bonds. The largest absolute Gasteiger partial charge is 0.465 e. The number of rotatable bonds is 9. The summed E-state index contributed by atoms with van der Waals surface area (Å²) in [5.41, 5.74) is 1.38. The second-order valence-electron chi connectivity index (χ2n) is 6.94. The average molecular weight is 356 g/mol. The van der Waals surface area contributed by atoms with Gasteiger partial charge >= 0.3 is 5.97 Å². The fourth-order valence-electron chi connectivity index (χ4n) is 3.45. The van der Waals surface area contributed by atoms with Crippen molar-refractivity contribution in [2.75, 3.05) is 6.61 Å². The zero-order valence-corrected chi connectivity index (χ0v) is 15.6. The molecule has 0 heterocycles. The summed E-state index contributed by atoms with van der Waals surface area (Å²) in [5, 5.41) is 13.5. The SMILES string of the molecule is CCOC(=O)C1(CCC(C)C(C)NC(C)=O)CC(N=CNN)CC1O. The lowest BCUT2D eigenvalue weighted by atomic mass is 9.77. The maximum Gasteiger partial charge on any atom is 0.314 e. The number of aliphatic imine (C=N–C) groups is 1. The van der Waals surface area contributed by atoms with Gasteiger partial charge in [0.2, 0.25) is 5.91 Å². The van der Waals surface area contributed by atoms with E-state index >= 15 is 0 Å². The molecule has 0 aromatic carbocycles. The smallest absolute Gasteiger partial charge is 0.314 e. The van der Waals surface area contributed by atoms with Crippen LogP contribution in [0.15, 0.2) is 4.99 Å². The molecule has 5 atom stereocenters. The number of nitrogens with one attached hydrogen (secondary N) is 2. The van der Waals surface area contributed by atoms with E-state index in [0.29, 0.717) is 25.7 Å². The number of esters is 1. The number of amides is 1. The lowest BCUT2D eigenvalue weighted by Gasteiger charge is -2.32. The highest BCUT2D eigenvalue weighted by molar-refractivity contribution is 5.78. The van der Waals surface area contributed by atoms with Crippen LogP contribution in [0.2, 0.25) is 0 Å². The average Bonchev–Trinajstić information content (AvgIpc) is 2.87. The van der Waals surface area contributed by atoms with Gasteiger partial charge in [-0.15, -0.1) is 0 Å². The summed E-state index contributed by atoms with van der Waals surface area (Å²) in [6, 6.07) is -0.191. The maximum absolute atomic E-state index is 12.6. The van der Waals surface area contributed by atoms with Gasteiger partial charge < -0.3 is 20.6 Å². The lowest BCUT2D eigenvalue weighted by molar-refractivity contribution is -0.162. The second kappa shape index (κ2) is 9.72. The molecule has 0 bridgehead atoms. The van der Waals surface area contributed by atoms with E-state index in [9.17, 15) is 14.7 Å². The standard InChI is InChI=1S/C17H32N4O4/c1-5-25-16(24)17(7-6-11(2)12(3)21-13(4)22)9-14(8-15(17)23)19-10-20-18/h10-12,14-15,23H,5-9,18H2,1-4H3,(H,19,20)(H,21,22). The number of aliphatic hydroxyl groups excluding tert-OH is 1. The predicted molar refractivity (Wildman–Crippen MR) is 95.6 cm³/mol. The minimum atomic E-state index is -0.961. The van der Waals surface area contributed by atoms with E-state index in [-0.39, 0.29) is 36.5 Å². The third kappa shape index (κ3) is 5.67. The first-order valence-corrected chi connectivity index (χ1v) is 8.87. The maximum atomic E-state index is 12.6. The van der Waals surface area contributed by atoms with Crippen LogP contribution >= 0.6 is 0 Å². The minimum absolute atomic E-state index is 0.00875. The number of nitrogens with two attached hydrogens (primary N) is 1. The van der Waals surface area contributed by atoms with Crippen LogP contribution in [0, 0.1) is 11.3 Å². The molecule has 1 saturated carbocycles. The van der Waals surface area contributed by atoms with E-state index in [2.05, 4.69) is 15.7 Å². The Morgan fingerprint density at radius 2 is 2.16 bits per heavy atom. The molecule has 0 aliphatic heterocycles. The molecule has 1 rings (SSSR count). The Morgan fingerprint density at radius 3 is 2.72 bits per heavy atom. The van der Waals surface area contributed by atoms with Gasteiger partial charge in [-0.25, -0.2) is 5.84 Å². The molecule has 8 nitrogen and oxygen atoms in total. The van der Waals surface area contributed by atoms with Crippen molar-refractivity contribution >= 4 is 18.2 Å². The van der Waals surface area contributed by atoms with Crippen LogP contribution in [0.1, 0.15) is 53.4 Å². The van der Waals surface area contributed by atoms with Crippen molar-refractivity contribution in [1.82, 2.24) is 10.7 Å². The molecule has 1 fully saturated rings. The number of nitrogens with zero attached hydrogens (tertiary/aromatic N) is 1. The molecule has 0 spiro atoms. The molecule has 25 heavy (non-hydrogen) atoms. The molecule has 1 aliphatic rings. The Kier molecular flexibility index (Phi) is 8.31. The van der Waals surface area contributed by atoms with Crippen LogP contribution < -0.4 is 16.6 Å². The monoisotopic (exact) mass is 356 g/mol. The van der Waals surface area contributed by atoms with Gasteiger partial charge in [-0.2, -0.15) is 0 Å². The predicted octanol–water partition coefficient (Wildman–Crippen LogP) is 0.492. The summed E-state index contributed by atoms with van der Waals surface area (Å²) in [7, 11) is 0. The molecule has 0 aromatic heterocycles. The Morgan fingerprint density at radius 1 is 1.48 bits per heavy atom. The molecule has 0 saturated heterocycles. The van der Waals surface area contributed by atoms with Crippen molar-refractivity contribution in [1.29, 1.82) is 0 Å². The van der Waals surface area contributed by atoms with E-state index in [4.69, 9.17) is 10.6 Å². The van der Waals surface area contributed by atoms with Crippen LogP contribution in [0.5, 0.6) is 0 Å². The number of aliphatic hydroxyl groups is 1. The van der Waals surface area contributed by atoms with Crippen LogP contribution in [0.4, 0.5) is 0 Å². The van der Waals surface area contributed by atoms with Crippen molar-refractivity contribution in [3.05, 3.63) is 0 Å². The van der Waals surface area contributed by atoms with Crippen LogP contribution in [-0.4, -0.2) is 48.1 Å². The zero-order chi connectivity index (χ0) is 19.0. The first-order chi connectivity index (χ1) is 11.8. The quantitative estimate of drug-likeness (QED) is 0.157. The first-order valence-electron chi connectivity index (χ1n) is 8.87. The normalized spacial score (nSPS) is 28.6. The molecular weight excluding hydrogens is 324 g/mol. The summed E-state index contributed by atoms with van der Waals surface area (Å²) in [5.74, 6) is 4.91. The molecule has 0 aromatic rings. The number of carbonyl (C=O) groups is 2. The van der Waals surface area contributed by atoms with Gasteiger partial charge in [0.15, 0.2) is 0 Å². The van der Waals surface area contributed by atoms with Crippen molar-refractivity contribution in [2.45, 2.75) is 71.6 Å². The van der Waals surface area contributed by atoms with E-state index in [0.717, 1.165) is 0 Å². The Labute approximate surface area is 149 Å². The van der Waals surface area contributed by atoms with Gasteiger partial charge in [0, 0.05) is 13.0 Å². The summed E-state index contributed by atoms with van der Waals surface area (Å²) >= 11 is 0. The minimum Gasteiger partial charge on any atom is -0.465 e. The van der Waals surface area contributed by atoms with Crippen LogP contribution in [-0.2, 0) is 14.3 Å².